The summed E-state index contributed by atoms with van der Waals surface area (Å²) >= 11 is 3.43. The van der Waals surface area contributed by atoms with Crippen LogP contribution in [0, 0.1) is 0 Å². The van der Waals surface area contributed by atoms with Gasteiger partial charge in [-0.1, -0.05) is 0 Å². The lowest BCUT2D eigenvalue weighted by molar-refractivity contribution is 0.548. The van der Waals surface area contributed by atoms with E-state index in [1.165, 1.54) is 0 Å². The maximum absolute atomic E-state index is 11.9. The Bertz CT molecular complexity index is 568. The summed E-state index contributed by atoms with van der Waals surface area (Å²) in [5.74, 6) is 0. The Morgan fingerprint density at radius 1 is 1.47 bits per heavy atom. The van der Waals surface area contributed by atoms with E-state index in [1.807, 2.05) is 13.8 Å². The minimum Gasteiger partial charge on any atom is -0.316 e. The molecule has 0 amide bonds. The number of pyridine rings is 1. The van der Waals surface area contributed by atoms with E-state index in [2.05, 4.69) is 21.0 Å². The first-order valence-corrected chi connectivity index (χ1v) is 5.54. The average Bonchev–Trinajstić information content (AvgIpc) is 2.58. The SMILES string of the molecule is CC(C)n1ncc2c(Br)cn(C)c(=O)c21. The van der Waals surface area contributed by atoms with Crippen LogP contribution >= 0.6 is 15.9 Å². The third-order valence-electron chi connectivity index (χ3n) is 2.37. The number of aromatic nitrogens is 3. The molecule has 0 aliphatic heterocycles. The summed E-state index contributed by atoms with van der Waals surface area (Å²) in [6.45, 7) is 4.01. The average molecular weight is 270 g/mol. The molecule has 5 heteroatoms. The second-order valence-electron chi connectivity index (χ2n) is 3.84. The third kappa shape index (κ3) is 1.51. The highest BCUT2D eigenvalue weighted by Crippen LogP contribution is 2.22. The number of hydrogen-bond donors (Lipinski definition) is 0. The van der Waals surface area contributed by atoms with Crippen LogP contribution in [0.1, 0.15) is 19.9 Å². The monoisotopic (exact) mass is 269 g/mol. The standard InChI is InChI=1S/C10H12BrN3O/c1-6(2)14-9-7(4-12-14)8(11)5-13(3)10(9)15/h4-6H,1-3H3. The molecule has 0 fully saturated rings. The van der Waals surface area contributed by atoms with Crippen LogP contribution in [-0.2, 0) is 7.05 Å². The second-order valence-corrected chi connectivity index (χ2v) is 4.69. The molecule has 0 unspecified atom stereocenters. The van der Waals surface area contributed by atoms with E-state index in [1.54, 1.807) is 28.7 Å². The summed E-state index contributed by atoms with van der Waals surface area (Å²) in [6.07, 6.45) is 3.48. The van der Waals surface area contributed by atoms with Gasteiger partial charge in [-0.15, -0.1) is 0 Å². The molecular weight excluding hydrogens is 258 g/mol. The zero-order valence-corrected chi connectivity index (χ0v) is 10.4. The van der Waals surface area contributed by atoms with Gasteiger partial charge in [0.2, 0.25) is 0 Å². The summed E-state index contributed by atoms with van der Waals surface area (Å²) in [5.41, 5.74) is 0.640. The fourth-order valence-electron chi connectivity index (χ4n) is 1.61. The fourth-order valence-corrected chi connectivity index (χ4v) is 2.20. The quantitative estimate of drug-likeness (QED) is 0.795. The van der Waals surface area contributed by atoms with Crippen molar-refractivity contribution in [3.05, 3.63) is 27.2 Å². The summed E-state index contributed by atoms with van der Waals surface area (Å²) in [4.78, 5) is 11.9. The minimum absolute atomic E-state index is 0.0144. The highest BCUT2D eigenvalue weighted by molar-refractivity contribution is 9.10. The summed E-state index contributed by atoms with van der Waals surface area (Å²) in [5, 5.41) is 5.10. The number of nitrogens with zero attached hydrogens (tertiary/aromatic N) is 3. The minimum atomic E-state index is -0.0144. The van der Waals surface area contributed by atoms with Crippen molar-refractivity contribution in [1.82, 2.24) is 14.3 Å². The van der Waals surface area contributed by atoms with Gasteiger partial charge < -0.3 is 4.57 Å². The number of aryl methyl sites for hydroxylation is 1. The van der Waals surface area contributed by atoms with Gasteiger partial charge >= 0.3 is 0 Å². The number of fused-ring (bicyclic) bond motifs is 1. The fraction of sp³-hybridized carbons (Fsp3) is 0.400. The van der Waals surface area contributed by atoms with Crippen molar-refractivity contribution in [2.75, 3.05) is 0 Å². The van der Waals surface area contributed by atoms with Gasteiger partial charge in [0.1, 0.15) is 5.52 Å². The topological polar surface area (TPSA) is 39.8 Å². The predicted molar refractivity (Wildman–Crippen MR) is 63.1 cm³/mol. The molecule has 15 heavy (non-hydrogen) atoms. The largest absolute Gasteiger partial charge is 0.316 e. The summed E-state index contributed by atoms with van der Waals surface area (Å²) in [7, 11) is 1.74. The lowest BCUT2D eigenvalue weighted by Gasteiger charge is -2.07. The normalized spacial score (nSPS) is 11.5. The second kappa shape index (κ2) is 3.48. The molecule has 80 valence electrons. The third-order valence-corrected chi connectivity index (χ3v) is 3.00. The maximum Gasteiger partial charge on any atom is 0.276 e. The van der Waals surface area contributed by atoms with Crippen LogP contribution in [-0.4, -0.2) is 14.3 Å². The molecule has 0 aliphatic rings. The van der Waals surface area contributed by atoms with Crippen molar-refractivity contribution in [2.24, 2.45) is 7.05 Å². The van der Waals surface area contributed by atoms with Crippen LogP contribution < -0.4 is 5.56 Å². The molecule has 0 aliphatic carbocycles. The maximum atomic E-state index is 11.9. The van der Waals surface area contributed by atoms with E-state index in [0.717, 1.165) is 9.86 Å². The Balaban J connectivity index is 2.96. The van der Waals surface area contributed by atoms with E-state index in [0.29, 0.717) is 5.52 Å². The summed E-state index contributed by atoms with van der Waals surface area (Å²) < 4.78 is 4.21. The molecule has 0 atom stereocenters. The van der Waals surface area contributed by atoms with Crippen LogP contribution in [0.2, 0.25) is 0 Å². The highest BCUT2D eigenvalue weighted by Gasteiger charge is 2.13. The van der Waals surface area contributed by atoms with E-state index in [4.69, 9.17) is 0 Å². The molecule has 4 nitrogen and oxygen atoms in total. The molecule has 2 rings (SSSR count). The van der Waals surface area contributed by atoms with Gasteiger partial charge in [-0.3, -0.25) is 9.48 Å². The van der Waals surface area contributed by atoms with E-state index in [9.17, 15) is 4.79 Å². The van der Waals surface area contributed by atoms with E-state index < -0.39 is 0 Å². The molecule has 0 saturated carbocycles. The van der Waals surface area contributed by atoms with Crippen molar-refractivity contribution in [1.29, 1.82) is 0 Å². The first-order valence-electron chi connectivity index (χ1n) is 4.74. The number of hydrogen-bond acceptors (Lipinski definition) is 2. The smallest absolute Gasteiger partial charge is 0.276 e. The molecule has 2 aromatic heterocycles. The predicted octanol–water partition coefficient (Wildman–Crippen LogP) is 2.08. The van der Waals surface area contributed by atoms with Crippen LogP contribution in [0.4, 0.5) is 0 Å². The van der Waals surface area contributed by atoms with Gasteiger partial charge in [0.15, 0.2) is 0 Å². The Labute approximate surface area is 95.6 Å². The molecule has 0 saturated heterocycles. The Morgan fingerprint density at radius 3 is 2.73 bits per heavy atom. The molecule has 0 N–H and O–H groups in total. The van der Waals surface area contributed by atoms with Gasteiger partial charge in [0.25, 0.3) is 5.56 Å². The number of rotatable bonds is 1. The molecule has 2 aromatic rings. The van der Waals surface area contributed by atoms with E-state index >= 15 is 0 Å². The van der Waals surface area contributed by atoms with Crippen molar-refractivity contribution in [3.8, 4) is 0 Å². The lowest BCUT2D eigenvalue weighted by Crippen LogP contribution is -2.20. The van der Waals surface area contributed by atoms with Gasteiger partial charge in [-0.25, -0.2) is 0 Å². The lowest BCUT2D eigenvalue weighted by atomic mass is 10.3. The van der Waals surface area contributed by atoms with Crippen molar-refractivity contribution < 1.29 is 0 Å². The molecule has 0 radical (unpaired) electrons. The van der Waals surface area contributed by atoms with Crippen LogP contribution in [0.15, 0.2) is 21.7 Å². The van der Waals surface area contributed by atoms with Crippen LogP contribution in [0.3, 0.4) is 0 Å². The molecule has 2 heterocycles. The number of halogens is 1. The molecule has 0 bridgehead atoms. The van der Waals surface area contributed by atoms with Crippen LogP contribution in [0.25, 0.3) is 10.9 Å². The van der Waals surface area contributed by atoms with Gasteiger partial charge in [-0.2, -0.15) is 5.10 Å². The highest BCUT2D eigenvalue weighted by atomic mass is 79.9. The van der Waals surface area contributed by atoms with Crippen molar-refractivity contribution >= 4 is 26.8 Å². The first kappa shape index (κ1) is 10.4. The Hall–Kier alpha value is -1.10. The van der Waals surface area contributed by atoms with Gasteiger partial charge in [-0.05, 0) is 29.8 Å². The zero-order chi connectivity index (χ0) is 11.2. The summed E-state index contributed by atoms with van der Waals surface area (Å²) in [6, 6.07) is 0.185. The van der Waals surface area contributed by atoms with Crippen molar-refractivity contribution in [2.45, 2.75) is 19.9 Å². The van der Waals surface area contributed by atoms with Gasteiger partial charge in [0.05, 0.1) is 6.20 Å². The van der Waals surface area contributed by atoms with Gasteiger partial charge in [0, 0.05) is 29.1 Å². The zero-order valence-electron chi connectivity index (χ0n) is 8.86. The molecular formula is C10H12BrN3O. The van der Waals surface area contributed by atoms with Crippen LogP contribution in [0.5, 0.6) is 0 Å². The van der Waals surface area contributed by atoms with E-state index in [-0.39, 0.29) is 11.6 Å². The van der Waals surface area contributed by atoms with Crippen molar-refractivity contribution in [3.63, 3.8) is 0 Å². The molecule has 0 aromatic carbocycles. The first-order chi connectivity index (χ1) is 7.02. The Kier molecular flexibility index (Phi) is 2.42. The Morgan fingerprint density at radius 2 is 2.13 bits per heavy atom. The molecule has 0 spiro atoms.